The maximum atomic E-state index is 14.6. The van der Waals surface area contributed by atoms with E-state index in [2.05, 4.69) is 0 Å². The first-order valence-corrected chi connectivity index (χ1v) is 16.6. The van der Waals surface area contributed by atoms with Crippen LogP contribution in [0.3, 0.4) is 0 Å². The molecule has 4 aliphatic heterocycles. The van der Waals surface area contributed by atoms with Crippen molar-refractivity contribution < 1.29 is 51.3 Å². The molecule has 4 heterocycles. The molecule has 3 N–H and O–H groups in total. The molecule has 4 amide bonds. The molecule has 14 nitrogen and oxygen atoms in total. The van der Waals surface area contributed by atoms with Gasteiger partial charge >= 0.3 is 12.2 Å². The molecule has 0 spiro atoms. The van der Waals surface area contributed by atoms with Crippen molar-refractivity contribution in [3.63, 3.8) is 0 Å². The monoisotopic (exact) mass is 739 g/mol. The van der Waals surface area contributed by atoms with Crippen LogP contribution in [0.25, 0.3) is 0 Å². The maximum absolute atomic E-state index is 14.6. The molecule has 0 saturated carbocycles. The van der Waals surface area contributed by atoms with E-state index in [4.69, 9.17) is 20.3 Å². The first-order valence-electron chi connectivity index (χ1n) is 16.6. The molecule has 2 atom stereocenters. The summed E-state index contributed by atoms with van der Waals surface area (Å²) in [5, 5.41) is 8.88. The Morgan fingerprint density at radius 1 is 0.731 bits per heavy atom. The minimum atomic E-state index is -0.800. The number of carbonyl (C=O) groups is 4. The molecule has 2 aromatic carbocycles. The van der Waals surface area contributed by atoms with Gasteiger partial charge in [0.25, 0.3) is 0 Å². The van der Waals surface area contributed by atoms with Crippen LogP contribution in [0.1, 0.15) is 27.7 Å². The van der Waals surface area contributed by atoms with Crippen molar-refractivity contribution in [1.82, 2.24) is 9.80 Å². The van der Waals surface area contributed by atoms with Gasteiger partial charge in [-0.25, -0.2) is 27.2 Å². The number of carbonyl (C=O) groups excluding carboxylic acids is 4. The first kappa shape index (κ1) is 39.9. The molecule has 0 aliphatic carbocycles. The van der Waals surface area contributed by atoms with E-state index in [0.29, 0.717) is 32.6 Å². The number of cyclic esters (lactones) is 2. The third kappa shape index (κ3) is 8.61. The van der Waals surface area contributed by atoms with E-state index >= 15 is 0 Å². The number of hydrogen-bond donors (Lipinski definition) is 2. The number of anilines is 4. The molecule has 286 valence electrons. The minimum Gasteiger partial charge on any atom is -0.444 e. The van der Waals surface area contributed by atoms with Crippen LogP contribution in [-0.4, -0.2) is 130 Å². The number of aliphatic hydroxyl groups excluding tert-OH is 1. The molecule has 2 aromatic rings. The Bertz CT molecular complexity index is 1590. The normalized spacial score (nSPS) is 20.3. The highest BCUT2D eigenvalue weighted by Crippen LogP contribution is 2.33. The molecule has 6 rings (SSSR count). The summed E-state index contributed by atoms with van der Waals surface area (Å²) in [5.41, 5.74) is 5.36. The molecule has 0 aromatic heterocycles. The second kappa shape index (κ2) is 17.1. The van der Waals surface area contributed by atoms with E-state index in [9.17, 15) is 36.7 Å². The Balaban J connectivity index is 0.000000228. The highest BCUT2D eigenvalue weighted by atomic mass is 19.1. The van der Waals surface area contributed by atoms with E-state index in [1.54, 1.807) is 9.80 Å². The Kier molecular flexibility index (Phi) is 13.1. The van der Waals surface area contributed by atoms with Crippen LogP contribution in [0.5, 0.6) is 0 Å². The number of nitrogens with zero attached hydrogens (tertiary/aromatic N) is 6. The van der Waals surface area contributed by atoms with Crippen molar-refractivity contribution in [3.8, 4) is 0 Å². The summed E-state index contributed by atoms with van der Waals surface area (Å²) >= 11 is 0. The van der Waals surface area contributed by atoms with Gasteiger partial charge in [-0.05, 0) is 6.42 Å². The zero-order chi connectivity index (χ0) is 37.0. The molecule has 0 bridgehead atoms. The largest absolute Gasteiger partial charge is 0.444 e. The molecule has 4 fully saturated rings. The van der Waals surface area contributed by atoms with E-state index in [-0.39, 0.29) is 88.0 Å². The third-order valence-corrected chi connectivity index (χ3v) is 9.22. The predicted molar refractivity (Wildman–Crippen MR) is 184 cm³/mol. The number of benzene rings is 2. The van der Waals surface area contributed by atoms with E-state index in [0.717, 1.165) is 29.2 Å². The van der Waals surface area contributed by atoms with Crippen LogP contribution in [0.15, 0.2) is 24.3 Å². The van der Waals surface area contributed by atoms with Gasteiger partial charge in [0.15, 0.2) is 23.3 Å². The average molecular weight is 740 g/mol. The summed E-state index contributed by atoms with van der Waals surface area (Å²) in [6.07, 6.45) is -1.41. The van der Waals surface area contributed by atoms with Gasteiger partial charge in [-0.3, -0.25) is 19.4 Å². The van der Waals surface area contributed by atoms with Crippen LogP contribution < -0.4 is 25.3 Å². The summed E-state index contributed by atoms with van der Waals surface area (Å²) in [6.45, 7) is 5.87. The summed E-state index contributed by atoms with van der Waals surface area (Å²) in [4.78, 5) is 55.1. The zero-order valence-corrected chi connectivity index (χ0v) is 28.3. The van der Waals surface area contributed by atoms with Gasteiger partial charge in [-0.2, -0.15) is 0 Å². The van der Waals surface area contributed by atoms with Crippen LogP contribution >= 0.6 is 0 Å². The Morgan fingerprint density at radius 3 is 1.44 bits per heavy atom. The Morgan fingerprint density at radius 2 is 1.12 bits per heavy atom. The minimum absolute atomic E-state index is 0. The number of hydrogen-bond acceptors (Lipinski definition) is 10. The van der Waals surface area contributed by atoms with Gasteiger partial charge in [-0.15, -0.1) is 0 Å². The van der Waals surface area contributed by atoms with Gasteiger partial charge in [0, 0.05) is 90.1 Å². The molecule has 52 heavy (non-hydrogen) atoms. The lowest BCUT2D eigenvalue weighted by molar-refractivity contribution is -0.134. The maximum Gasteiger partial charge on any atom is 0.414 e. The number of nitrogens with two attached hydrogens (primary N) is 1. The van der Waals surface area contributed by atoms with Crippen molar-refractivity contribution in [2.75, 3.05) is 98.2 Å². The highest BCUT2D eigenvalue weighted by molar-refractivity contribution is 5.91. The SMILES string of the molecule is C.CC[C@H]1CN(c2cc(F)c(N3CCN(C(C)=O)CC3)c(F)c2)C(=O)O1.NC[C@H]1CN(c2cc(F)c(N3CCN(C(=O)CO)CC3)c(F)c2)C(=O)O1. The van der Waals surface area contributed by atoms with Gasteiger partial charge in [0.05, 0.1) is 24.5 Å². The van der Waals surface area contributed by atoms with Crippen molar-refractivity contribution in [2.45, 2.75) is 39.9 Å². The summed E-state index contributed by atoms with van der Waals surface area (Å²) in [5.74, 6) is -3.51. The molecule has 0 radical (unpaired) electrons. The smallest absolute Gasteiger partial charge is 0.414 e. The van der Waals surface area contributed by atoms with Gasteiger partial charge < -0.3 is 39.9 Å². The van der Waals surface area contributed by atoms with Crippen LogP contribution in [0.4, 0.5) is 49.9 Å². The fourth-order valence-corrected chi connectivity index (χ4v) is 6.34. The van der Waals surface area contributed by atoms with E-state index in [1.165, 1.54) is 21.6 Å². The highest BCUT2D eigenvalue weighted by Gasteiger charge is 2.35. The molecular weight excluding hydrogens is 694 g/mol. The number of piperazine rings is 2. The predicted octanol–water partition coefficient (Wildman–Crippen LogP) is 2.89. The quantitative estimate of drug-likeness (QED) is 0.406. The van der Waals surface area contributed by atoms with Crippen molar-refractivity contribution in [2.24, 2.45) is 5.73 Å². The third-order valence-electron chi connectivity index (χ3n) is 9.22. The molecule has 18 heteroatoms. The number of ether oxygens (including phenoxy) is 2. The fourth-order valence-electron chi connectivity index (χ4n) is 6.34. The number of amides is 4. The Labute approximate surface area is 299 Å². The Hall–Kier alpha value is -4.84. The lowest BCUT2D eigenvalue weighted by Crippen LogP contribution is -2.50. The fraction of sp³-hybridized carbons (Fsp3) is 0.529. The average Bonchev–Trinajstić information content (AvgIpc) is 3.69. The van der Waals surface area contributed by atoms with E-state index < -0.39 is 54.1 Å². The van der Waals surface area contributed by atoms with Gasteiger partial charge in [0.2, 0.25) is 11.8 Å². The first-order chi connectivity index (χ1) is 24.3. The summed E-state index contributed by atoms with van der Waals surface area (Å²) in [6, 6.07) is 4.50. The molecular formula is C34H45F4N7O7. The number of halogens is 4. The summed E-state index contributed by atoms with van der Waals surface area (Å²) < 4.78 is 68.4. The zero-order valence-electron chi connectivity index (χ0n) is 28.3. The summed E-state index contributed by atoms with van der Waals surface area (Å²) in [7, 11) is 0. The second-order valence-electron chi connectivity index (χ2n) is 12.4. The second-order valence-corrected chi connectivity index (χ2v) is 12.4. The standard InChI is InChI=1S/C17H21F2N3O3.C16H20F2N4O4.CH4/c1-3-13-10-22(17(24)25-13)12-8-14(18)16(15(19)9-12)21-6-4-20(5-7-21)11(2)23;17-12-5-10(22-8-11(7-19)26-16(22)25)6-13(18)15(12)21-3-1-20(2-4-21)14(24)9-23;/h8-9,13H,3-7,10H2,1-2H3;5-6,11,23H,1-4,7-9,19H2;1H4/t13-;11-;/m00./s1. The van der Waals surface area contributed by atoms with E-state index in [1.807, 2.05) is 6.92 Å². The molecule has 0 unspecified atom stereocenters. The lowest BCUT2D eigenvalue weighted by atomic mass is 10.2. The topological polar surface area (TPSA) is 152 Å². The van der Waals surface area contributed by atoms with Crippen molar-refractivity contribution in [3.05, 3.63) is 47.5 Å². The number of rotatable bonds is 7. The van der Waals surface area contributed by atoms with Crippen LogP contribution in [-0.2, 0) is 19.1 Å². The lowest BCUT2D eigenvalue weighted by Gasteiger charge is -2.36. The van der Waals surface area contributed by atoms with Gasteiger partial charge in [0.1, 0.15) is 30.2 Å². The van der Waals surface area contributed by atoms with Crippen molar-refractivity contribution in [1.29, 1.82) is 0 Å². The van der Waals surface area contributed by atoms with Gasteiger partial charge in [-0.1, -0.05) is 14.4 Å². The van der Waals surface area contributed by atoms with Crippen molar-refractivity contribution >= 4 is 46.8 Å². The molecule has 4 saturated heterocycles. The van der Waals surface area contributed by atoms with Crippen LogP contribution in [0.2, 0.25) is 0 Å². The molecule has 4 aliphatic rings. The number of aliphatic hydroxyl groups is 1. The van der Waals surface area contributed by atoms with Crippen LogP contribution in [0, 0.1) is 23.3 Å².